The van der Waals surface area contributed by atoms with E-state index in [1.54, 1.807) is 30.3 Å². The molecule has 0 fully saturated rings. The molecule has 1 unspecified atom stereocenters. The fourth-order valence-corrected chi connectivity index (χ4v) is 4.99. The summed E-state index contributed by atoms with van der Waals surface area (Å²) in [6.45, 7) is 3.85. The summed E-state index contributed by atoms with van der Waals surface area (Å²) in [4.78, 5) is 28.7. The SMILES string of the molecule is COc1ccccc1C1C(C(=O)c2cc3cc(Br)ccc3o2)=C(O)C(=O)N1c1ccc(C)cc1C. The molecule has 0 saturated heterocycles. The lowest BCUT2D eigenvalue weighted by Gasteiger charge is -2.29. The Morgan fingerprint density at radius 3 is 2.57 bits per heavy atom. The quantitative estimate of drug-likeness (QED) is 0.293. The Labute approximate surface area is 210 Å². The van der Waals surface area contributed by atoms with Crippen molar-refractivity contribution in [3.05, 3.63) is 105 Å². The molecule has 0 spiro atoms. The zero-order valence-corrected chi connectivity index (χ0v) is 20.9. The molecule has 0 aliphatic carbocycles. The summed E-state index contributed by atoms with van der Waals surface area (Å²) < 4.78 is 12.2. The van der Waals surface area contributed by atoms with Gasteiger partial charge in [0.15, 0.2) is 11.5 Å². The van der Waals surface area contributed by atoms with E-state index in [0.717, 1.165) is 21.0 Å². The van der Waals surface area contributed by atoms with Crippen molar-refractivity contribution in [1.82, 2.24) is 0 Å². The fourth-order valence-electron chi connectivity index (χ4n) is 4.61. The molecule has 35 heavy (non-hydrogen) atoms. The molecule has 0 bridgehead atoms. The van der Waals surface area contributed by atoms with Crippen LogP contribution in [0.4, 0.5) is 5.69 Å². The van der Waals surface area contributed by atoms with E-state index in [1.165, 1.54) is 12.0 Å². The van der Waals surface area contributed by atoms with Crippen LogP contribution in [0.1, 0.15) is 33.3 Å². The molecule has 1 aliphatic rings. The number of fused-ring (bicyclic) bond motifs is 1. The number of hydrogen-bond donors (Lipinski definition) is 1. The first kappa shape index (κ1) is 22.9. The largest absolute Gasteiger partial charge is 0.503 e. The second-order valence-electron chi connectivity index (χ2n) is 8.49. The number of benzene rings is 3. The van der Waals surface area contributed by atoms with Gasteiger partial charge in [0, 0.05) is 21.1 Å². The zero-order chi connectivity index (χ0) is 24.9. The number of ketones is 1. The van der Waals surface area contributed by atoms with Crippen molar-refractivity contribution in [2.75, 3.05) is 12.0 Å². The number of aliphatic hydroxyl groups excluding tert-OH is 1. The van der Waals surface area contributed by atoms with Crippen molar-refractivity contribution in [3.8, 4) is 5.75 Å². The van der Waals surface area contributed by atoms with Gasteiger partial charge in [-0.2, -0.15) is 0 Å². The summed E-state index contributed by atoms with van der Waals surface area (Å²) in [5.74, 6) is -1.29. The second kappa shape index (κ2) is 8.74. The maximum atomic E-state index is 13.8. The minimum absolute atomic E-state index is 0.0369. The van der Waals surface area contributed by atoms with Gasteiger partial charge in [0.2, 0.25) is 5.78 Å². The van der Waals surface area contributed by atoms with Crippen LogP contribution >= 0.6 is 15.9 Å². The van der Waals surface area contributed by atoms with Gasteiger partial charge in [0.05, 0.1) is 18.7 Å². The average molecular weight is 532 g/mol. The predicted molar refractivity (Wildman–Crippen MR) is 137 cm³/mol. The van der Waals surface area contributed by atoms with Crippen LogP contribution in [0.15, 0.2) is 87.0 Å². The van der Waals surface area contributed by atoms with Crippen molar-refractivity contribution < 1.29 is 23.8 Å². The summed E-state index contributed by atoms with van der Waals surface area (Å²) in [7, 11) is 1.53. The topological polar surface area (TPSA) is 80.0 Å². The molecule has 1 amide bonds. The number of methoxy groups -OCH3 is 1. The van der Waals surface area contributed by atoms with Crippen molar-refractivity contribution in [1.29, 1.82) is 0 Å². The highest BCUT2D eigenvalue weighted by Crippen LogP contribution is 2.45. The van der Waals surface area contributed by atoms with Gasteiger partial charge < -0.3 is 14.3 Å². The van der Waals surface area contributed by atoms with Crippen LogP contribution in [-0.2, 0) is 4.79 Å². The van der Waals surface area contributed by atoms with E-state index < -0.39 is 23.5 Å². The van der Waals surface area contributed by atoms with Gasteiger partial charge in [-0.1, -0.05) is 51.8 Å². The Morgan fingerprint density at radius 1 is 1.06 bits per heavy atom. The van der Waals surface area contributed by atoms with Crippen LogP contribution in [0.2, 0.25) is 0 Å². The molecule has 2 heterocycles. The number of para-hydroxylation sites is 1. The highest BCUT2D eigenvalue weighted by Gasteiger charge is 2.46. The first-order valence-corrected chi connectivity index (χ1v) is 11.8. The first-order valence-electron chi connectivity index (χ1n) is 11.0. The lowest BCUT2D eigenvalue weighted by molar-refractivity contribution is -0.117. The Morgan fingerprint density at radius 2 is 1.83 bits per heavy atom. The number of Topliss-reactive ketones (excluding diaryl/α,β-unsaturated/α-hetero) is 1. The standard InChI is InChI=1S/C28H22BrNO5/c1-15-8-10-20(16(2)12-15)30-25(19-6-4-5-7-22(19)34-3)24(27(32)28(30)33)26(31)23-14-17-13-18(29)9-11-21(17)35-23/h4-14,25,32H,1-3H3. The maximum Gasteiger partial charge on any atom is 0.294 e. The van der Waals surface area contributed by atoms with Gasteiger partial charge in [-0.05, 0) is 55.8 Å². The molecule has 0 radical (unpaired) electrons. The molecule has 3 aromatic carbocycles. The third-order valence-electron chi connectivity index (χ3n) is 6.20. The molecule has 7 heteroatoms. The van der Waals surface area contributed by atoms with Crippen LogP contribution < -0.4 is 9.64 Å². The summed E-state index contributed by atoms with van der Waals surface area (Å²) in [5, 5.41) is 11.8. The molecule has 5 rings (SSSR count). The van der Waals surface area contributed by atoms with Gasteiger partial charge in [-0.3, -0.25) is 14.5 Å². The number of nitrogens with zero attached hydrogens (tertiary/aromatic N) is 1. The van der Waals surface area contributed by atoms with Crippen LogP contribution in [-0.4, -0.2) is 23.9 Å². The third kappa shape index (κ3) is 3.82. The average Bonchev–Trinajstić information content (AvgIpc) is 3.37. The van der Waals surface area contributed by atoms with Gasteiger partial charge in [-0.15, -0.1) is 0 Å². The lowest BCUT2D eigenvalue weighted by atomic mass is 9.93. The van der Waals surface area contributed by atoms with E-state index >= 15 is 0 Å². The number of carbonyl (C=O) groups excluding carboxylic acids is 2. The number of furan rings is 1. The van der Waals surface area contributed by atoms with Crippen LogP contribution in [0.25, 0.3) is 11.0 Å². The minimum Gasteiger partial charge on any atom is -0.503 e. The molecule has 1 N–H and O–H groups in total. The van der Waals surface area contributed by atoms with Gasteiger partial charge >= 0.3 is 0 Å². The fraction of sp³-hybridized carbons (Fsp3) is 0.143. The van der Waals surface area contributed by atoms with E-state index in [-0.39, 0.29) is 11.3 Å². The molecule has 1 aromatic heterocycles. The van der Waals surface area contributed by atoms with Crippen LogP contribution in [0, 0.1) is 13.8 Å². The second-order valence-corrected chi connectivity index (χ2v) is 9.41. The lowest BCUT2D eigenvalue weighted by Crippen LogP contribution is -2.32. The molecular weight excluding hydrogens is 510 g/mol. The molecule has 0 saturated carbocycles. The van der Waals surface area contributed by atoms with Gasteiger partial charge in [0.1, 0.15) is 11.3 Å². The normalized spacial score (nSPS) is 15.8. The number of halogens is 1. The van der Waals surface area contributed by atoms with E-state index in [4.69, 9.17) is 9.15 Å². The number of aryl methyl sites for hydroxylation is 2. The van der Waals surface area contributed by atoms with E-state index in [9.17, 15) is 14.7 Å². The van der Waals surface area contributed by atoms with Crippen molar-refractivity contribution in [2.24, 2.45) is 0 Å². The van der Waals surface area contributed by atoms with Gasteiger partial charge in [0.25, 0.3) is 5.91 Å². The Balaban J connectivity index is 1.71. The minimum atomic E-state index is -0.910. The Bertz CT molecular complexity index is 1530. The van der Waals surface area contributed by atoms with E-state index in [2.05, 4.69) is 15.9 Å². The number of anilines is 1. The number of hydrogen-bond acceptors (Lipinski definition) is 5. The Hall–Kier alpha value is -3.84. The first-order chi connectivity index (χ1) is 16.8. The van der Waals surface area contributed by atoms with E-state index in [1.807, 2.05) is 50.2 Å². The van der Waals surface area contributed by atoms with Crippen molar-refractivity contribution in [2.45, 2.75) is 19.9 Å². The highest BCUT2D eigenvalue weighted by atomic mass is 79.9. The molecular formula is C28H22BrNO5. The summed E-state index contributed by atoms with van der Waals surface area (Å²) in [6.07, 6.45) is 0. The molecule has 4 aromatic rings. The smallest absolute Gasteiger partial charge is 0.294 e. The number of aliphatic hydroxyl groups is 1. The number of rotatable bonds is 5. The van der Waals surface area contributed by atoms with Crippen molar-refractivity contribution in [3.63, 3.8) is 0 Å². The zero-order valence-electron chi connectivity index (χ0n) is 19.3. The monoisotopic (exact) mass is 531 g/mol. The highest BCUT2D eigenvalue weighted by molar-refractivity contribution is 9.10. The number of carbonyl (C=O) groups is 2. The Kier molecular flexibility index (Phi) is 5.73. The van der Waals surface area contributed by atoms with Crippen LogP contribution in [0.5, 0.6) is 5.75 Å². The van der Waals surface area contributed by atoms with Crippen LogP contribution in [0.3, 0.4) is 0 Å². The summed E-state index contributed by atoms with van der Waals surface area (Å²) >= 11 is 3.42. The summed E-state index contributed by atoms with van der Waals surface area (Å²) in [6, 6.07) is 18.9. The number of ether oxygens (including phenoxy) is 1. The van der Waals surface area contributed by atoms with Gasteiger partial charge in [-0.25, -0.2) is 0 Å². The third-order valence-corrected chi connectivity index (χ3v) is 6.69. The molecule has 176 valence electrons. The summed E-state index contributed by atoms with van der Waals surface area (Å²) in [5.41, 5.74) is 3.52. The van der Waals surface area contributed by atoms with Crippen molar-refractivity contribution >= 4 is 44.3 Å². The van der Waals surface area contributed by atoms with E-state index in [0.29, 0.717) is 22.6 Å². The molecule has 6 nitrogen and oxygen atoms in total. The molecule has 1 aliphatic heterocycles. The maximum absolute atomic E-state index is 13.8. The predicted octanol–water partition coefficient (Wildman–Crippen LogP) is 6.60. The number of amides is 1. The molecule has 1 atom stereocenters.